The molecule has 1 aromatic heterocycles. The van der Waals surface area contributed by atoms with Gasteiger partial charge in [0, 0.05) is 22.3 Å². The Morgan fingerprint density at radius 3 is 2.48 bits per heavy atom. The van der Waals surface area contributed by atoms with Crippen LogP contribution in [0.4, 0.5) is 0 Å². The molecular weight excluding hydrogens is 282 g/mol. The molecule has 1 saturated heterocycles. The molecule has 3 atom stereocenters. The predicted molar refractivity (Wildman–Crippen MR) is 88.4 cm³/mol. The lowest BCUT2D eigenvalue weighted by molar-refractivity contribution is -0.133. The van der Waals surface area contributed by atoms with Crippen LogP contribution in [0, 0.1) is 12.8 Å². The lowest BCUT2D eigenvalue weighted by atomic mass is 10.0. The summed E-state index contributed by atoms with van der Waals surface area (Å²) >= 11 is 1.77. The van der Waals surface area contributed by atoms with Crippen LogP contribution in [0.1, 0.15) is 36.7 Å². The van der Waals surface area contributed by atoms with Crippen LogP contribution in [-0.4, -0.2) is 48.4 Å². The summed E-state index contributed by atoms with van der Waals surface area (Å²) in [6.07, 6.45) is 0.0125. The van der Waals surface area contributed by atoms with Gasteiger partial charge < -0.3 is 9.80 Å². The maximum Gasteiger partial charge on any atom is 0.241 e. The minimum Gasteiger partial charge on any atom is -0.317 e. The maximum atomic E-state index is 12.8. The van der Waals surface area contributed by atoms with E-state index < -0.39 is 0 Å². The molecule has 1 amide bonds. The van der Waals surface area contributed by atoms with Gasteiger partial charge in [-0.25, -0.2) is 0 Å². The number of likely N-dealkylation sites (N-methyl/N-ethyl adjacent to an activating group) is 1. The molecule has 3 unspecified atom stereocenters. The molecule has 0 bridgehead atoms. The molecule has 0 radical (unpaired) electrons. The van der Waals surface area contributed by atoms with Gasteiger partial charge in [-0.3, -0.25) is 10.1 Å². The van der Waals surface area contributed by atoms with Crippen molar-refractivity contribution in [3.05, 3.63) is 21.9 Å². The first kappa shape index (κ1) is 16.5. The largest absolute Gasteiger partial charge is 0.317 e. The van der Waals surface area contributed by atoms with Crippen LogP contribution in [0.25, 0.3) is 0 Å². The monoisotopic (exact) mass is 309 g/mol. The summed E-state index contributed by atoms with van der Waals surface area (Å²) in [5.74, 6) is 0.535. The SMILES string of the molecule is Cc1ccc(C2NC(C(C)C)C(=O)N2C(C)CN(C)C)s1. The average molecular weight is 309 g/mol. The Morgan fingerprint density at radius 2 is 2.00 bits per heavy atom. The van der Waals surface area contributed by atoms with Crippen molar-refractivity contribution in [1.82, 2.24) is 15.1 Å². The van der Waals surface area contributed by atoms with Gasteiger partial charge in [-0.1, -0.05) is 13.8 Å². The van der Waals surface area contributed by atoms with Crippen LogP contribution in [0.3, 0.4) is 0 Å². The molecule has 4 nitrogen and oxygen atoms in total. The molecule has 2 heterocycles. The van der Waals surface area contributed by atoms with E-state index in [1.807, 2.05) is 4.90 Å². The highest BCUT2D eigenvalue weighted by atomic mass is 32.1. The third-order valence-electron chi connectivity index (χ3n) is 3.94. The zero-order valence-corrected chi connectivity index (χ0v) is 14.7. The van der Waals surface area contributed by atoms with Gasteiger partial charge in [0.2, 0.25) is 5.91 Å². The summed E-state index contributed by atoms with van der Waals surface area (Å²) in [6, 6.07) is 4.38. The van der Waals surface area contributed by atoms with Crippen molar-refractivity contribution in [2.75, 3.05) is 20.6 Å². The third-order valence-corrected chi connectivity index (χ3v) is 4.99. The first-order valence-corrected chi connectivity index (χ1v) is 8.42. The molecular formula is C16H27N3OS. The number of hydrogen-bond donors (Lipinski definition) is 1. The number of nitrogens with zero attached hydrogens (tertiary/aromatic N) is 2. The molecule has 21 heavy (non-hydrogen) atoms. The summed E-state index contributed by atoms with van der Waals surface area (Å²) in [4.78, 5) is 19.5. The van der Waals surface area contributed by atoms with E-state index >= 15 is 0 Å². The van der Waals surface area contributed by atoms with Crippen LogP contribution >= 0.6 is 11.3 Å². The first-order valence-electron chi connectivity index (χ1n) is 7.60. The van der Waals surface area contributed by atoms with E-state index in [0.29, 0.717) is 5.92 Å². The summed E-state index contributed by atoms with van der Waals surface area (Å²) in [5, 5.41) is 3.54. The van der Waals surface area contributed by atoms with E-state index in [1.54, 1.807) is 11.3 Å². The Balaban J connectivity index is 2.29. The molecule has 0 aliphatic carbocycles. The Hall–Kier alpha value is -0.910. The van der Waals surface area contributed by atoms with E-state index in [1.165, 1.54) is 9.75 Å². The Bertz CT molecular complexity index is 497. The Kier molecular flexibility index (Phi) is 5.07. The number of carbonyl (C=O) groups is 1. The van der Waals surface area contributed by atoms with Crippen molar-refractivity contribution < 1.29 is 4.79 Å². The highest BCUT2D eigenvalue weighted by Crippen LogP contribution is 2.33. The van der Waals surface area contributed by atoms with Crippen LogP contribution in [-0.2, 0) is 4.79 Å². The zero-order chi connectivity index (χ0) is 15.7. The highest BCUT2D eigenvalue weighted by molar-refractivity contribution is 7.12. The third kappa shape index (κ3) is 3.47. The van der Waals surface area contributed by atoms with Gasteiger partial charge in [0.05, 0.1) is 6.04 Å². The molecule has 0 spiro atoms. The lowest BCUT2D eigenvalue weighted by Gasteiger charge is -2.31. The number of rotatable bonds is 5. The van der Waals surface area contributed by atoms with Crippen molar-refractivity contribution in [1.29, 1.82) is 0 Å². The van der Waals surface area contributed by atoms with Crippen molar-refractivity contribution in [3.63, 3.8) is 0 Å². The average Bonchev–Trinajstić information content (AvgIpc) is 2.91. The molecule has 0 aromatic carbocycles. The molecule has 1 N–H and O–H groups in total. The van der Waals surface area contributed by atoms with Crippen molar-refractivity contribution in [3.8, 4) is 0 Å². The molecule has 1 aliphatic rings. The van der Waals surface area contributed by atoms with Gasteiger partial charge in [-0.05, 0) is 46.0 Å². The maximum absolute atomic E-state index is 12.8. The van der Waals surface area contributed by atoms with Crippen molar-refractivity contribution >= 4 is 17.2 Å². The van der Waals surface area contributed by atoms with Crippen LogP contribution < -0.4 is 5.32 Å². The van der Waals surface area contributed by atoms with Gasteiger partial charge in [0.1, 0.15) is 6.17 Å². The fraction of sp³-hybridized carbons (Fsp3) is 0.688. The molecule has 1 aliphatic heterocycles. The van der Waals surface area contributed by atoms with Gasteiger partial charge in [-0.2, -0.15) is 0 Å². The van der Waals surface area contributed by atoms with E-state index in [2.05, 4.69) is 64.1 Å². The number of aryl methyl sites for hydroxylation is 1. The van der Waals surface area contributed by atoms with E-state index in [4.69, 9.17) is 0 Å². The standard InChI is InChI=1S/C16H27N3OS/c1-10(2)14-16(20)19(11(3)9-18(5)6)15(17-14)13-8-7-12(4)21-13/h7-8,10-11,14-15,17H,9H2,1-6H3. The van der Waals surface area contributed by atoms with E-state index in [-0.39, 0.29) is 24.2 Å². The Labute approximate surface area is 132 Å². The molecule has 118 valence electrons. The molecule has 1 aromatic rings. The van der Waals surface area contributed by atoms with Crippen molar-refractivity contribution in [2.24, 2.45) is 5.92 Å². The number of thiophene rings is 1. The topological polar surface area (TPSA) is 35.6 Å². The van der Waals surface area contributed by atoms with Gasteiger partial charge in [-0.15, -0.1) is 11.3 Å². The fourth-order valence-electron chi connectivity index (χ4n) is 2.99. The zero-order valence-electron chi connectivity index (χ0n) is 13.9. The van der Waals surface area contributed by atoms with Crippen molar-refractivity contribution in [2.45, 2.75) is 45.9 Å². The van der Waals surface area contributed by atoms with Gasteiger partial charge in [0.15, 0.2) is 0 Å². The number of amides is 1. The second kappa shape index (κ2) is 6.46. The second-order valence-electron chi connectivity index (χ2n) is 6.60. The number of nitrogens with one attached hydrogen (secondary N) is 1. The summed E-state index contributed by atoms with van der Waals surface area (Å²) < 4.78 is 0. The highest BCUT2D eigenvalue weighted by Gasteiger charge is 2.43. The minimum atomic E-state index is -0.0815. The smallest absolute Gasteiger partial charge is 0.241 e. The Morgan fingerprint density at radius 1 is 1.33 bits per heavy atom. The molecule has 0 saturated carbocycles. The van der Waals surface area contributed by atoms with Gasteiger partial charge >= 0.3 is 0 Å². The van der Waals surface area contributed by atoms with Crippen LogP contribution in [0.5, 0.6) is 0 Å². The number of carbonyl (C=O) groups excluding carboxylic acids is 1. The number of hydrogen-bond acceptors (Lipinski definition) is 4. The van der Waals surface area contributed by atoms with E-state index in [0.717, 1.165) is 6.54 Å². The normalized spacial score (nSPS) is 24.4. The fourth-order valence-corrected chi connectivity index (χ4v) is 3.93. The van der Waals surface area contributed by atoms with Crippen LogP contribution in [0.2, 0.25) is 0 Å². The minimum absolute atomic E-state index is 0.0125. The summed E-state index contributed by atoms with van der Waals surface area (Å²) in [5.41, 5.74) is 0. The quantitative estimate of drug-likeness (QED) is 0.907. The summed E-state index contributed by atoms with van der Waals surface area (Å²) in [7, 11) is 4.10. The predicted octanol–water partition coefficient (Wildman–Crippen LogP) is 2.46. The van der Waals surface area contributed by atoms with E-state index in [9.17, 15) is 4.79 Å². The lowest BCUT2D eigenvalue weighted by Crippen LogP contribution is -2.44. The van der Waals surface area contributed by atoms with Crippen LogP contribution in [0.15, 0.2) is 12.1 Å². The first-order chi connectivity index (χ1) is 9.81. The second-order valence-corrected chi connectivity index (χ2v) is 7.92. The summed E-state index contributed by atoms with van der Waals surface area (Å²) in [6.45, 7) is 9.33. The molecule has 1 fully saturated rings. The molecule has 5 heteroatoms. The van der Waals surface area contributed by atoms with Gasteiger partial charge in [0.25, 0.3) is 0 Å². The molecule has 2 rings (SSSR count).